The van der Waals surface area contributed by atoms with Gasteiger partial charge in [-0.1, -0.05) is 0 Å². The van der Waals surface area contributed by atoms with Gasteiger partial charge >= 0.3 is 0 Å². The monoisotopic (exact) mass is 250 g/mol. The minimum Gasteiger partial charge on any atom is -0.497 e. The molecule has 90 valence electrons. The van der Waals surface area contributed by atoms with Crippen molar-refractivity contribution in [3.63, 3.8) is 0 Å². The third-order valence-electron chi connectivity index (χ3n) is 2.40. The van der Waals surface area contributed by atoms with E-state index in [0.29, 0.717) is 4.77 Å². The van der Waals surface area contributed by atoms with Crippen LogP contribution < -0.4 is 9.75 Å². The Morgan fingerprint density at radius 2 is 1.94 bits per heavy atom. The van der Waals surface area contributed by atoms with Crippen LogP contribution in [0.15, 0.2) is 24.3 Å². The molecule has 17 heavy (non-hydrogen) atoms. The van der Waals surface area contributed by atoms with Crippen molar-refractivity contribution in [1.29, 1.82) is 0 Å². The average Bonchev–Trinajstić information content (AvgIpc) is 2.71. The summed E-state index contributed by atoms with van der Waals surface area (Å²) in [5.41, 5.74) is 0.979. The molecule has 1 N–H and O–H groups in total. The number of rotatable bonds is 3. The first-order valence-electron chi connectivity index (χ1n) is 5.13. The van der Waals surface area contributed by atoms with Crippen LogP contribution in [0.5, 0.6) is 5.75 Å². The number of aromatic nitrogens is 3. The maximum absolute atomic E-state index is 5.18. The Morgan fingerprint density at radius 3 is 2.47 bits per heavy atom. The Hall–Kier alpha value is -1.82. The summed E-state index contributed by atoms with van der Waals surface area (Å²) in [6, 6.07) is 7.69. The minimum absolute atomic E-state index is 0.570. The molecular formula is C11H14N4OS. The highest BCUT2D eigenvalue weighted by atomic mass is 32.1. The molecule has 0 bridgehead atoms. The van der Waals surface area contributed by atoms with Crippen LogP contribution in [0.25, 0.3) is 11.4 Å². The molecule has 0 atom stereocenters. The number of hydrogen-bond donors (Lipinski definition) is 1. The van der Waals surface area contributed by atoms with Crippen molar-refractivity contribution < 1.29 is 4.74 Å². The SMILES string of the molecule is COc1ccc(-c2n[nH]c(=S)n2N(C)C)cc1. The van der Waals surface area contributed by atoms with Gasteiger partial charge in [0.05, 0.1) is 7.11 Å². The van der Waals surface area contributed by atoms with Gasteiger partial charge in [-0.3, -0.25) is 0 Å². The third-order valence-corrected chi connectivity index (χ3v) is 2.66. The predicted octanol–water partition coefficient (Wildman–Crippen LogP) is 1.81. The van der Waals surface area contributed by atoms with E-state index in [-0.39, 0.29) is 0 Å². The maximum Gasteiger partial charge on any atom is 0.214 e. The van der Waals surface area contributed by atoms with Gasteiger partial charge in [-0.05, 0) is 36.5 Å². The number of benzene rings is 1. The smallest absolute Gasteiger partial charge is 0.214 e. The fourth-order valence-corrected chi connectivity index (χ4v) is 1.89. The molecule has 2 aromatic rings. The van der Waals surface area contributed by atoms with E-state index >= 15 is 0 Å². The van der Waals surface area contributed by atoms with E-state index in [0.717, 1.165) is 17.1 Å². The number of methoxy groups -OCH3 is 1. The van der Waals surface area contributed by atoms with Crippen LogP contribution in [0.1, 0.15) is 0 Å². The molecule has 1 aromatic heterocycles. The number of hydrogen-bond acceptors (Lipinski definition) is 4. The molecule has 0 aliphatic heterocycles. The van der Waals surface area contributed by atoms with Gasteiger partial charge in [0.1, 0.15) is 5.75 Å². The van der Waals surface area contributed by atoms with Gasteiger partial charge < -0.3 is 9.75 Å². The Morgan fingerprint density at radius 1 is 1.29 bits per heavy atom. The van der Waals surface area contributed by atoms with Crippen molar-refractivity contribution in [3.8, 4) is 17.1 Å². The summed E-state index contributed by atoms with van der Waals surface area (Å²) in [5.74, 6) is 1.60. The van der Waals surface area contributed by atoms with Crippen molar-refractivity contribution in [2.75, 3.05) is 26.2 Å². The van der Waals surface area contributed by atoms with Crippen molar-refractivity contribution in [3.05, 3.63) is 29.0 Å². The summed E-state index contributed by atoms with van der Waals surface area (Å²) < 4.78 is 7.52. The first-order valence-corrected chi connectivity index (χ1v) is 5.53. The third kappa shape index (κ3) is 2.16. The van der Waals surface area contributed by atoms with Crippen LogP contribution in [0.3, 0.4) is 0 Å². The van der Waals surface area contributed by atoms with Crippen LogP contribution in [-0.4, -0.2) is 36.1 Å². The van der Waals surface area contributed by atoms with E-state index < -0.39 is 0 Å². The molecule has 0 fully saturated rings. The minimum atomic E-state index is 0.570. The van der Waals surface area contributed by atoms with Gasteiger partial charge in [0.2, 0.25) is 4.77 Å². The molecular weight excluding hydrogens is 236 g/mol. The topological polar surface area (TPSA) is 46.1 Å². The average molecular weight is 250 g/mol. The molecule has 2 rings (SSSR count). The van der Waals surface area contributed by atoms with E-state index in [4.69, 9.17) is 17.0 Å². The van der Waals surface area contributed by atoms with Crippen LogP contribution in [0.4, 0.5) is 0 Å². The molecule has 1 heterocycles. The molecule has 0 unspecified atom stereocenters. The number of nitrogens with zero attached hydrogens (tertiary/aromatic N) is 3. The zero-order valence-corrected chi connectivity index (χ0v) is 10.8. The maximum atomic E-state index is 5.18. The molecule has 0 aliphatic rings. The fraction of sp³-hybridized carbons (Fsp3) is 0.273. The lowest BCUT2D eigenvalue weighted by molar-refractivity contribution is 0.415. The van der Waals surface area contributed by atoms with Gasteiger partial charge in [0.25, 0.3) is 0 Å². The van der Waals surface area contributed by atoms with Crippen molar-refractivity contribution >= 4 is 12.2 Å². The number of H-pyrrole nitrogens is 1. The largest absolute Gasteiger partial charge is 0.497 e. The molecule has 0 amide bonds. The second kappa shape index (κ2) is 4.58. The Balaban J connectivity index is 2.49. The van der Waals surface area contributed by atoms with Gasteiger partial charge in [-0.2, -0.15) is 5.10 Å². The molecule has 6 heteroatoms. The van der Waals surface area contributed by atoms with E-state index in [1.54, 1.807) is 7.11 Å². The predicted molar refractivity (Wildman–Crippen MR) is 69.5 cm³/mol. The van der Waals surface area contributed by atoms with Crippen molar-refractivity contribution in [2.24, 2.45) is 0 Å². The number of ether oxygens (including phenoxy) is 1. The van der Waals surface area contributed by atoms with Crippen LogP contribution in [0, 0.1) is 4.77 Å². The number of nitrogens with one attached hydrogen (secondary N) is 1. The van der Waals surface area contributed by atoms with Gasteiger partial charge in [-0.25, -0.2) is 9.77 Å². The zero-order valence-electron chi connectivity index (χ0n) is 9.97. The second-order valence-electron chi connectivity index (χ2n) is 3.74. The lowest BCUT2D eigenvalue weighted by Gasteiger charge is -2.15. The van der Waals surface area contributed by atoms with Crippen LogP contribution in [-0.2, 0) is 0 Å². The van der Waals surface area contributed by atoms with Gasteiger partial charge in [0.15, 0.2) is 5.82 Å². The first-order chi connectivity index (χ1) is 8.13. The van der Waals surface area contributed by atoms with E-state index in [9.17, 15) is 0 Å². The molecule has 0 saturated carbocycles. The fourth-order valence-electron chi connectivity index (χ4n) is 1.59. The summed E-state index contributed by atoms with van der Waals surface area (Å²) in [4.78, 5) is 0. The molecule has 5 nitrogen and oxygen atoms in total. The van der Waals surface area contributed by atoms with Crippen LogP contribution in [0.2, 0.25) is 0 Å². The molecule has 1 aromatic carbocycles. The highest BCUT2D eigenvalue weighted by Gasteiger charge is 2.09. The lowest BCUT2D eigenvalue weighted by Crippen LogP contribution is -2.25. The second-order valence-corrected chi connectivity index (χ2v) is 4.13. The Bertz CT molecular complexity index is 556. The summed E-state index contributed by atoms with van der Waals surface area (Å²) >= 11 is 5.18. The standard InChI is InChI=1S/C11H14N4OS/c1-14(2)15-10(12-13-11(15)17)8-4-6-9(16-3)7-5-8/h4-7H,1-3H3,(H,13,17). The summed E-state index contributed by atoms with van der Waals surface area (Å²) in [5, 5.41) is 8.89. The van der Waals surface area contributed by atoms with Gasteiger partial charge in [0, 0.05) is 19.7 Å². The molecule has 0 spiro atoms. The lowest BCUT2D eigenvalue weighted by atomic mass is 10.2. The first kappa shape index (κ1) is 11.7. The Labute approximate surface area is 105 Å². The van der Waals surface area contributed by atoms with Crippen molar-refractivity contribution in [2.45, 2.75) is 0 Å². The highest BCUT2D eigenvalue weighted by Crippen LogP contribution is 2.20. The Kier molecular flexibility index (Phi) is 3.14. The van der Waals surface area contributed by atoms with Gasteiger partial charge in [-0.15, -0.1) is 0 Å². The highest BCUT2D eigenvalue weighted by molar-refractivity contribution is 7.71. The van der Waals surface area contributed by atoms with Crippen LogP contribution >= 0.6 is 12.2 Å². The summed E-state index contributed by atoms with van der Waals surface area (Å²) in [6.07, 6.45) is 0. The molecule has 0 saturated heterocycles. The molecule has 0 aliphatic carbocycles. The normalized spacial score (nSPS) is 10.3. The van der Waals surface area contributed by atoms with E-state index in [2.05, 4.69) is 10.2 Å². The quantitative estimate of drug-likeness (QED) is 0.844. The summed E-state index contributed by atoms with van der Waals surface area (Å²) in [6.45, 7) is 0. The van der Waals surface area contributed by atoms with Crippen molar-refractivity contribution in [1.82, 2.24) is 14.9 Å². The molecule has 0 radical (unpaired) electrons. The van der Waals surface area contributed by atoms with E-state index in [1.807, 2.05) is 48.0 Å². The van der Waals surface area contributed by atoms with E-state index in [1.165, 1.54) is 0 Å². The number of aromatic amines is 1. The summed E-state index contributed by atoms with van der Waals surface area (Å²) in [7, 11) is 5.47. The zero-order chi connectivity index (χ0) is 12.4.